The topological polar surface area (TPSA) is 58.3 Å². The van der Waals surface area contributed by atoms with Gasteiger partial charge in [0.1, 0.15) is 17.2 Å². The summed E-state index contributed by atoms with van der Waals surface area (Å²) in [5, 5.41) is 13.4. The lowest BCUT2D eigenvalue weighted by Gasteiger charge is -2.24. The van der Waals surface area contributed by atoms with Crippen molar-refractivity contribution in [2.24, 2.45) is 0 Å². The molecule has 1 aromatic carbocycles. The summed E-state index contributed by atoms with van der Waals surface area (Å²) < 4.78 is 19.8. The van der Waals surface area contributed by atoms with E-state index in [9.17, 15) is 9.50 Å². The van der Waals surface area contributed by atoms with Gasteiger partial charge in [-0.1, -0.05) is 22.0 Å². The molecule has 0 fully saturated rings. The number of aliphatic hydroxyl groups is 1. The molecule has 0 bridgehead atoms. The summed E-state index contributed by atoms with van der Waals surface area (Å²) in [6.07, 6.45) is 1.63. The van der Waals surface area contributed by atoms with Crippen LogP contribution in [0.3, 0.4) is 0 Å². The molecular formula is C14H16BrFN2O2. The lowest BCUT2D eigenvalue weighted by molar-refractivity contribution is 0.0523. The molecule has 1 aromatic heterocycles. The summed E-state index contributed by atoms with van der Waals surface area (Å²) in [5.41, 5.74) is -1.07. The number of nitrogens with zero attached hydrogens (tertiary/aromatic N) is 1. The zero-order valence-corrected chi connectivity index (χ0v) is 12.9. The number of halogens is 2. The van der Waals surface area contributed by atoms with E-state index in [2.05, 4.69) is 26.2 Å². The van der Waals surface area contributed by atoms with Crippen LogP contribution in [-0.4, -0.2) is 16.6 Å². The predicted molar refractivity (Wildman–Crippen MR) is 76.6 cm³/mol. The van der Waals surface area contributed by atoms with Gasteiger partial charge in [-0.25, -0.2) is 9.37 Å². The molecule has 1 atom stereocenters. The number of hydrogen-bond donors (Lipinski definition) is 2. The molecule has 2 N–H and O–H groups in total. The van der Waals surface area contributed by atoms with Crippen LogP contribution in [0.2, 0.25) is 0 Å². The zero-order chi connectivity index (χ0) is 14.8. The monoisotopic (exact) mass is 342 g/mol. The number of benzene rings is 1. The zero-order valence-electron chi connectivity index (χ0n) is 11.3. The van der Waals surface area contributed by atoms with Gasteiger partial charge in [-0.2, -0.15) is 0 Å². The molecule has 0 aliphatic carbocycles. The van der Waals surface area contributed by atoms with Crippen molar-refractivity contribution in [3.05, 3.63) is 51.9 Å². The number of hydrogen-bond acceptors (Lipinski definition) is 4. The first-order chi connectivity index (χ1) is 9.38. The molecule has 0 aliphatic heterocycles. The molecule has 4 nitrogen and oxygen atoms in total. The van der Waals surface area contributed by atoms with E-state index in [1.165, 1.54) is 6.07 Å². The highest BCUT2D eigenvalue weighted by Gasteiger charge is 2.26. The maximum Gasteiger partial charge on any atom is 0.208 e. The minimum Gasteiger partial charge on any atom is -0.445 e. The van der Waals surface area contributed by atoms with Gasteiger partial charge in [0.05, 0.1) is 12.7 Å². The number of rotatable bonds is 5. The predicted octanol–water partition coefficient (Wildman–Crippen LogP) is 2.88. The normalized spacial score (nSPS) is 14.2. The Bertz CT molecular complexity index is 599. The van der Waals surface area contributed by atoms with Crippen LogP contribution in [0.1, 0.15) is 24.1 Å². The van der Waals surface area contributed by atoms with Crippen molar-refractivity contribution in [1.82, 2.24) is 10.3 Å². The smallest absolute Gasteiger partial charge is 0.208 e. The maximum absolute atomic E-state index is 13.9. The Morgan fingerprint density at radius 3 is 2.85 bits per heavy atom. The van der Waals surface area contributed by atoms with E-state index >= 15 is 0 Å². The highest BCUT2D eigenvalue weighted by molar-refractivity contribution is 9.10. The molecule has 0 saturated heterocycles. The fourth-order valence-corrected chi connectivity index (χ4v) is 2.25. The molecule has 6 heteroatoms. The Morgan fingerprint density at radius 1 is 1.50 bits per heavy atom. The van der Waals surface area contributed by atoms with Gasteiger partial charge < -0.3 is 14.8 Å². The van der Waals surface area contributed by atoms with Crippen molar-refractivity contribution in [2.45, 2.75) is 26.0 Å². The third-order valence-corrected chi connectivity index (χ3v) is 3.42. The van der Waals surface area contributed by atoms with Crippen LogP contribution in [0.4, 0.5) is 4.39 Å². The highest BCUT2D eigenvalue weighted by Crippen LogP contribution is 2.25. The summed E-state index contributed by atoms with van der Waals surface area (Å²) >= 11 is 3.19. The number of aromatic nitrogens is 1. The molecule has 1 unspecified atom stereocenters. The Labute approximate surface area is 125 Å². The van der Waals surface area contributed by atoms with Crippen molar-refractivity contribution in [1.29, 1.82) is 0 Å². The van der Waals surface area contributed by atoms with Gasteiger partial charge >= 0.3 is 0 Å². The molecule has 2 aromatic rings. The first-order valence-corrected chi connectivity index (χ1v) is 6.98. The van der Waals surface area contributed by atoms with Gasteiger partial charge in [-0.05, 0) is 26.0 Å². The van der Waals surface area contributed by atoms with Gasteiger partial charge in [0.2, 0.25) is 5.89 Å². The summed E-state index contributed by atoms with van der Waals surface area (Å²) in [7, 11) is 0. The van der Waals surface area contributed by atoms with Gasteiger partial charge in [-0.15, -0.1) is 0 Å². The molecule has 2 rings (SSSR count). The van der Waals surface area contributed by atoms with Gasteiger partial charge in [0, 0.05) is 16.6 Å². The summed E-state index contributed by atoms with van der Waals surface area (Å²) in [4.78, 5) is 4.05. The molecule has 0 radical (unpaired) electrons. The minimum absolute atomic E-state index is 0.187. The second kappa shape index (κ2) is 6.03. The summed E-state index contributed by atoms with van der Waals surface area (Å²) in [6.45, 7) is 3.94. The van der Waals surface area contributed by atoms with Crippen LogP contribution in [0.5, 0.6) is 0 Å². The minimum atomic E-state index is -1.31. The van der Waals surface area contributed by atoms with E-state index in [1.807, 2.05) is 6.92 Å². The van der Waals surface area contributed by atoms with E-state index < -0.39 is 11.4 Å². The Hall–Kier alpha value is -1.24. The molecule has 0 saturated carbocycles. The van der Waals surface area contributed by atoms with Crippen molar-refractivity contribution >= 4 is 15.9 Å². The quantitative estimate of drug-likeness (QED) is 0.877. The first kappa shape index (κ1) is 15.2. The molecule has 0 amide bonds. The Balaban J connectivity index is 1.99. The van der Waals surface area contributed by atoms with E-state index in [1.54, 1.807) is 25.3 Å². The number of aryl methyl sites for hydroxylation is 1. The van der Waals surface area contributed by atoms with Crippen LogP contribution >= 0.6 is 15.9 Å². The largest absolute Gasteiger partial charge is 0.445 e. The maximum atomic E-state index is 13.9. The summed E-state index contributed by atoms with van der Waals surface area (Å²) in [5.74, 6) is 0.820. The number of oxazole rings is 1. The van der Waals surface area contributed by atoms with Crippen LogP contribution in [-0.2, 0) is 12.1 Å². The first-order valence-electron chi connectivity index (χ1n) is 6.18. The molecule has 0 aliphatic rings. The molecular weight excluding hydrogens is 327 g/mol. The second-order valence-corrected chi connectivity index (χ2v) is 5.78. The Morgan fingerprint density at radius 2 is 2.25 bits per heavy atom. The van der Waals surface area contributed by atoms with Crippen LogP contribution in [0.15, 0.2) is 33.3 Å². The molecule has 1 heterocycles. The van der Waals surface area contributed by atoms with Gasteiger partial charge in [0.25, 0.3) is 0 Å². The van der Waals surface area contributed by atoms with Crippen molar-refractivity contribution < 1.29 is 13.9 Å². The van der Waals surface area contributed by atoms with E-state index in [0.29, 0.717) is 16.9 Å². The lowest BCUT2D eigenvalue weighted by Crippen LogP contribution is -2.36. The van der Waals surface area contributed by atoms with Crippen LogP contribution in [0, 0.1) is 12.7 Å². The fourth-order valence-electron chi connectivity index (χ4n) is 1.92. The molecule has 20 heavy (non-hydrogen) atoms. The van der Waals surface area contributed by atoms with Crippen LogP contribution in [0.25, 0.3) is 0 Å². The van der Waals surface area contributed by atoms with Gasteiger partial charge in [-0.3, -0.25) is 0 Å². The highest BCUT2D eigenvalue weighted by atomic mass is 79.9. The van der Waals surface area contributed by atoms with Crippen molar-refractivity contribution in [2.75, 3.05) is 6.54 Å². The standard InChI is InChI=1S/C14H16BrFN2O2/c1-9-6-18-13(20-9)7-17-8-14(2,19)11-4-3-10(15)5-12(11)16/h3-6,17,19H,7-8H2,1-2H3. The van der Waals surface area contributed by atoms with E-state index in [4.69, 9.17) is 4.42 Å². The SMILES string of the molecule is Cc1cnc(CNCC(C)(O)c2ccc(Br)cc2F)o1. The molecule has 108 valence electrons. The average molecular weight is 343 g/mol. The van der Waals surface area contributed by atoms with Gasteiger partial charge in [0.15, 0.2) is 0 Å². The molecule has 0 spiro atoms. The fraction of sp³-hybridized carbons (Fsp3) is 0.357. The van der Waals surface area contributed by atoms with Crippen molar-refractivity contribution in [3.63, 3.8) is 0 Å². The van der Waals surface area contributed by atoms with Crippen LogP contribution < -0.4 is 5.32 Å². The van der Waals surface area contributed by atoms with E-state index in [0.717, 1.165) is 5.76 Å². The second-order valence-electron chi connectivity index (χ2n) is 4.87. The van der Waals surface area contributed by atoms with E-state index in [-0.39, 0.29) is 12.1 Å². The van der Waals surface area contributed by atoms with Crippen molar-refractivity contribution in [3.8, 4) is 0 Å². The number of nitrogens with one attached hydrogen (secondary N) is 1. The third kappa shape index (κ3) is 3.65. The third-order valence-electron chi connectivity index (χ3n) is 2.93. The summed E-state index contributed by atoms with van der Waals surface area (Å²) in [6, 6.07) is 4.60. The Kier molecular flexibility index (Phi) is 4.57. The lowest BCUT2D eigenvalue weighted by atomic mass is 9.95. The average Bonchev–Trinajstić information content (AvgIpc) is 2.74.